The SMILES string of the molecule is COCCOCCOC(=O)C1(CN)CCC1. The maximum absolute atomic E-state index is 11.7. The molecule has 5 heteroatoms. The van der Waals surface area contributed by atoms with Gasteiger partial charge in [0.05, 0.1) is 25.2 Å². The van der Waals surface area contributed by atoms with E-state index in [1.165, 1.54) is 0 Å². The summed E-state index contributed by atoms with van der Waals surface area (Å²) in [7, 11) is 1.62. The maximum Gasteiger partial charge on any atom is 0.313 e. The molecule has 0 radical (unpaired) electrons. The lowest BCUT2D eigenvalue weighted by Gasteiger charge is -2.37. The van der Waals surface area contributed by atoms with Crippen LogP contribution in [0.15, 0.2) is 0 Å². The lowest BCUT2D eigenvalue weighted by molar-refractivity contribution is -0.162. The van der Waals surface area contributed by atoms with Gasteiger partial charge in [-0.1, -0.05) is 6.42 Å². The van der Waals surface area contributed by atoms with Gasteiger partial charge in [0.25, 0.3) is 0 Å². The Kier molecular flexibility index (Phi) is 5.73. The van der Waals surface area contributed by atoms with Gasteiger partial charge in [-0.3, -0.25) is 4.79 Å². The third-order valence-electron chi connectivity index (χ3n) is 3.03. The first-order valence-corrected chi connectivity index (χ1v) is 5.69. The second kappa shape index (κ2) is 6.83. The minimum Gasteiger partial charge on any atom is -0.463 e. The number of rotatable bonds is 8. The van der Waals surface area contributed by atoms with Crippen molar-refractivity contribution in [1.82, 2.24) is 0 Å². The molecule has 1 aliphatic rings. The molecule has 1 rings (SSSR count). The van der Waals surface area contributed by atoms with Crippen LogP contribution in [-0.4, -0.2) is 46.1 Å². The van der Waals surface area contributed by atoms with E-state index in [2.05, 4.69) is 0 Å². The van der Waals surface area contributed by atoms with Crippen LogP contribution in [0.25, 0.3) is 0 Å². The van der Waals surface area contributed by atoms with Crippen molar-refractivity contribution in [3.8, 4) is 0 Å². The Labute approximate surface area is 96.2 Å². The van der Waals surface area contributed by atoms with E-state index in [-0.39, 0.29) is 5.97 Å². The minimum absolute atomic E-state index is 0.170. The molecule has 2 N–H and O–H groups in total. The van der Waals surface area contributed by atoms with Gasteiger partial charge in [-0.2, -0.15) is 0 Å². The van der Waals surface area contributed by atoms with Crippen LogP contribution < -0.4 is 5.73 Å². The number of hydrogen-bond donors (Lipinski definition) is 1. The van der Waals surface area contributed by atoms with E-state index >= 15 is 0 Å². The number of carbonyl (C=O) groups excluding carboxylic acids is 1. The summed E-state index contributed by atoms with van der Waals surface area (Å²) >= 11 is 0. The summed E-state index contributed by atoms with van der Waals surface area (Å²) in [6.45, 7) is 2.17. The number of methoxy groups -OCH3 is 1. The highest BCUT2D eigenvalue weighted by Gasteiger charge is 2.44. The zero-order valence-electron chi connectivity index (χ0n) is 9.87. The van der Waals surface area contributed by atoms with E-state index in [4.69, 9.17) is 19.9 Å². The van der Waals surface area contributed by atoms with Gasteiger partial charge in [-0.05, 0) is 12.8 Å². The predicted octanol–water partition coefficient (Wildman–Crippen LogP) is 0.322. The highest BCUT2D eigenvalue weighted by Crippen LogP contribution is 2.40. The van der Waals surface area contributed by atoms with E-state index in [9.17, 15) is 4.79 Å². The molecule has 1 saturated carbocycles. The second-order valence-electron chi connectivity index (χ2n) is 4.08. The molecule has 0 saturated heterocycles. The Morgan fingerprint density at radius 3 is 2.44 bits per heavy atom. The number of esters is 1. The Morgan fingerprint density at radius 1 is 1.25 bits per heavy atom. The molecular weight excluding hydrogens is 210 g/mol. The first-order valence-electron chi connectivity index (χ1n) is 5.69. The summed E-state index contributed by atoms with van der Waals surface area (Å²) in [5.41, 5.74) is 5.19. The first-order chi connectivity index (χ1) is 7.75. The normalized spacial score (nSPS) is 17.9. The Balaban J connectivity index is 2.06. The van der Waals surface area contributed by atoms with E-state index in [1.807, 2.05) is 0 Å². The van der Waals surface area contributed by atoms with Gasteiger partial charge in [0.1, 0.15) is 6.61 Å². The molecule has 0 aromatic carbocycles. The number of hydrogen-bond acceptors (Lipinski definition) is 5. The second-order valence-corrected chi connectivity index (χ2v) is 4.08. The van der Waals surface area contributed by atoms with Crippen LogP contribution in [-0.2, 0) is 19.0 Å². The lowest BCUT2D eigenvalue weighted by atomic mass is 9.69. The van der Waals surface area contributed by atoms with Crippen LogP contribution >= 0.6 is 0 Å². The van der Waals surface area contributed by atoms with Crippen molar-refractivity contribution in [1.29, 1.82) is 0 Å². The predicted molar refractivity (Wildman–Crippen MR) is 59.0 cm³/mol. The highest BCUT2D eigenvalue weighted by atomic mass is 16.6. The third-order valence-corrected chi connectivity index (χ3v) is 3.03. The summed E-state index contributed by atoms with van der Waals surface area (Å²) in [6, 6.07) is 0. The third kappa shape index (κ3) is 3.43. The zero-order valence-corrected chi connectivity index (χ0v) is 9.87. The molecule has 94 valence electrons. The largest absolute Gasteiger partial charge is 0.463 e. The fourth-order valence-electron chi connectivity index (χ4n) is 1.69. The zero-order chi connectivity index (χ0) is 11.9. The number of ether oxygens (including phenoxy) is 3. The molecule has 0 spiro atoms. The lowest BCUT2D eigenvalue weighted by Crippen LogP contribution is -2.45. The van der Waals surface area contributed by atoms with E-state index in [1.54, 1.807) is 7.11 Å². The van der Waals surface area contributed by atoms with Crippen LogP contribution in [0.1, 0.15) is 19.3 Å². The molecule has 0 aromatic rings. The van der Waals surface area contributed by atoms with Crippen molar-refractivity contribution in [2.24, 2.45) is 11.1 Å². The van der Waals surface area contributed by atoms with Gasteiger partial charge < -0.3 is 19.9 Å². The van der Waals surface area contributed by atoms with E-state index in [0.717, 1.165) is 19.3 Å². The monoisotopic (exact) mass is 231 g/mol. The van der Waals surface area contributed by atoms with E-state index < -0.39 is 5.41 Å². The topological polar surface area (TPSA) is 70.8 Å². The van der Waals surface area contributed by atoms with Gasteiger partial charge in [-0.25, -0.2) is 0 Å². The molecule has 16 heavy (non-hydrogen) atoms. The highest BCUT2D eigenvalue weighted by molar-refractivity contribution is 5.78. The Hall–Kier alpha value is -0.650. The van der Waals surface area contributed by atoms with Gasteiger partial charge >= 0.3 is 5.97 Å². The van der Waals surface area contributed by atoms with Gasteiger partial charge in [-0.15, -0.1) is 0 Å². The molecule has 5 nitrogen and oxygen atoms in total. The van der Waals surface area contributed by atoms with Crippen LogP contribution in [0.3, 0.4) is 0 Å². The molecule has 1 aliphatic carbocycles. The van der Waals surface area contributed by atoms with Crippen molar-refractivity contribution in [2.75, 3.05) is 40.1 Å². The maximum atomic E-state index is 11.7. The van der Waals surface area contributed by atoms with Crippen LogP contribution in [0.4, 0.5) is 0 Å². The van der Waals surface area contributed by atoms with Gasteiger partial charge in [0.15, 0.2) is 0 Å². The molecule has 0 bridgehead atoms. The molecule has 0 atom stereocenters. The molecule has 0 heterocycles. The standard InChI is InChI=1S/C11H21NO4/c1-14-5-6-15-7-8-16-10(13)11(9-12)3-2-4-11/h2-9,12H2,1H3. The summed E-state index contributed by atoms with van der Waals surface area (Å²) in [6.07, 6.45) is 2.77. The van der Waals surface area contributed by atoms with Crippen LogP contribution in [0, 0.1) is 5.41 Å². The van der Waals surface area contributed by atoms with Crippen molar-refractivity contribution in [3.05, 3.63) is 0 Å². The van der Waals surface area contributed by atoms with Gasteiger partial charge in [0, 0.05) is 13.7 Å². The molecule has 0 unspecified atom stereocenters. The molecular formula is C11H21NO4. The van der Waals surface area contributed by atoms with Crippen molar-refractivity contribution >= 4 is 5.97 Å². The summed E-state index contributed by atoms with van der Waals surface area (Å²) in [5.74, 6) is -0.170. The van der Waals surface area contributed by atoms with Crippen molar-refractivity contribution in [2.45, 2.75) is 19.3 Å². The number of nitrogens with two attached hydrogens (primary N) is 1. The summed E-state index contributed by atoms with van der Waals surface area (Å²) < 4.78 is 15.1. The van der Waals surface area contributed by atoms with Gasteiger partial charge in [0.2, 0.25) is 0 Å². The van der Waals surface area contributed by atoms with Crippen molar-refractivity contribution < 1.29 is 19.0 Å². The minimum atomic E-state index is -0.396. The van der Waals surface area contributed by atoms with Crippen LogP contribution in [0.5, 0.6) is 0 Å². The summed E-state index contributed by atoms with van der Waals surface area (Å²) in [5, 5.41) is 0. The Bertz CT molecular complexity index is 211. The Morgan fingerprint density at radius 2 is 1.94 bits per heavy atom. The fraction of sp³-hybridized carbons (Fsp3) is 0.909. The smallest absolute Gasteiger partial charge is 0.313 e. The molecule has 1 fully saturated rings. The first kappa shape index (κ1) is 13.4. The molecule has 0 amide bonds. The number of carbonyl (C=O) groups is 1. The molecule has 0 aliphatic heterocycles. The van der Waals surface area contributed by atoms with Crippen LogP contribution in [0.2, 0.25) is 0 Å². The summed E-state index contributed by atoms with van der Waals surface area (Å²) in [4.78, 5) is 11.7. The average molecular weight is 231 g/mol. The quantitative estimate of drug-likeness (QED) is 0.481. The van der Waals surface area contributed by atoms with Crippen molar-refractivity contribution in [3.63, 3.8) is 0 Å². The molecule has 0 aromatic heterocycles. The van der Waals surface area contributed by atoms with E-state index in [0.29, 0.717) is 33.0 Å². The fourth-order valence-corrected chi connectivity index (χ4v) is 1.69. The average Bonchev–Trinajstić information content (AvgIpc) is 2.22.